The fourth-order valence-corrected chi connectivity index (χ4v) is 4.45. The average molecular weight is 405 g/mol. The van der Waals surface area contributed by atoms with E-state index in [-0.39, 0.29) is 35.9 Å². The fraction of sp³-hybridized carbons (Fsp3) is 0.600. The molecule has 0 bridgehead atoms. The molecule has 1 aromatic heterocycles. The van der Waals surface area contributed by atoms with Crippen molar-refractivity contribution in [2.24, 2.45) is 5.41 Å². The molecular formula is C20H27N3O6. The second kappa shape index (κ2) is 9.21. The second-order valence-corrected chi connectivity index (χ2v) is 7.79. The highest BCUT2D eigenvalue weighted by molar-refractivity contribution is 5.95. The predicted octanol–water partition coefficient (Wildman–Crippen LogP) is 1.12. The summed E-state index contributed by atoms with van der Waals surface area (Å²) in [6.07, 6.45) is 5.90. The molecule has 0 aromatic carbocycles. The van der Waals surface area contributed by atoms with Crippen LogP contribution in [0, 0.1) is 5.41 Å². The number of nitrogens with zero attached hydrogens (tertiary/aromatic N) is 3. The number of ether oxygens (including phenoxy) is 1. The van der Waals surface area contributed by atoms with Crippen molar-refractivity contribution in [1.29, 1.82) is 0 Å². The van der Waals surface area contributed by atoms with E-state index in [2.05, 4.69) is 9.88 Å². The highest BCUT2D eigenvalue weighted by Crippen LogP contribution is 2.43. The number of pyridine rings is 1. The van der Waals surface area contributed by atoms with E-state index in [9.17, 15) is 14.7 Å². The molecule has 0 radical (unpaired) electrons. The molecular weight excluding hydrogens is 378 g/mol. The Morgan fingerprint density at radius 1 is 1.28 bits per heavy atom. The van der Waals surface area contributed by atoms with Crippen LogP contribution in [0.2, 0.25) is 0 Å². The van der Waals surface area contributed by atoms with Crippen LogP contribution < -0.4 is 0 Å². The maximum absolute atomic E-state index is 12.6. The van der Waals surface area contributed by atoms with E-state index in [0.717, 1.165) is 26.1 Å². The number of aromatic nitrogens is 1. The van der Waals surface area contributed by atoms with E-state index in [4.69, 9.17) is 14.6 Å². The van der Waals surface area contributed by atoms with Crippen molar-refractivity contribution in [1.82, 2.24) is 14.8 Å². The molecule has 4 heterocycles. The highest BCUT2D eigenvalue weighted by atomic mass is 16.6. The number of amides is 1. The van der Waals surface area contributed by atoms with Crippen LogP contribution in [-0.4, -0.2) is 82.2 Å². The smallest absolute Gasteiger partial charge is 0.312 e. The van der Waals surface area contributed by atoms with Crippen LogP contribution in [0.4, 0.5) is 0 Å². The summed E-state index contributed by atoms with van der Waals surface area (Å²) in [5.41, 5.74) is -0.378. The Morgan fingerprint density at radius 3 is 2.55 bits per heavy atom. The SMILES string of the molecule is O=C(c1ncccc1O)N1CCC2(CC1)CC(CN1CCCC1)OC2=O.O=CO. The summed E-state index contributed by atoms with van der Waals surface area (Å²) < 4.78 is 5.68. The normalized spacial score (nSPS) is 23.4. The van der Waals surface area contributed by atoms with Crippen molar-refractivity contribution in [3.05, 3.63) is 24.0 Å². The lowest BCUT2D eigenvalue weighted by Gasteiger charge is -2.36. The number of cyclic esters (lactones) is 1. The standard InChI is InChI=1S/C19H25N3O4.CH2O2/c23-15-4-3-7-20-16(15)17(24)22-10-5-19(6-11-22)12-14(26-18(19)25)13-21-8-1-2-9-21;2-1-3/h3-4,7,14,23H,1-2,5-6,8-13H2;1H,(H,2,3). The van der Waals surface area contributed by atoms with Crippen LogP contribution in [0.25, 0.3) is 0 Å². The summed E-state index contributed by atoms with van der Waals surface area (Å²) in [6, 6.07) is 3.05. The third-order valence-corrected chi connectivity index (χ3v) is 5.98. The van der Waals surface area contributed by atoms with Crippen LogP contribution in [-0.2, 0) is 14.3 Å². The molecule has 1 amide bonds. The monoisotopic (exact) mass is 405 g/mol. The van der Waals surface area contributed by atoms with Crippen molar-refractivity contribution in [2.45, 2.75) is 38.2 Å². The van der Waals surface area contributed by atoms with E-state index in [1.807, 2.05) is 0 Å². The number of carbonyl (C=O) groups is 3. The van der Waals surface area contributed by atoms with Gasteiger partial charge in [-0.15, -0.1) is 0 Å². The van der Waals surface area contributed by atoms with Gasteiger partial charge in [0.25, 0.3) is 12.4 Å². The largest absolute Gasteiger partial charge is 0.505 e. The van der Waals surface area contributed by atoms with Crippen LogP contribution in [0.3, 0.4) is 0 Å². The summed E-state index contributed by atoms with van der Waals surface area (Å²) in [5.74, 6) is -0.490. The van der Waals surface area contributed by atoms with Gasteiger partial charge < -0.3 is 19.8 Å². The minimum Gasteiger partial charge on any atom is -0.505 e. The van der Waals surface area contributed by atoms with Crippen molar-refractivity contribution in [3.8, 4) is 5.75 Å². The maximum Gasteiger partial charge on any atom is 0.312 e. The Kier molecular flexibility index (Phi) is 6.68. The van der Waals surface area contributed by atoms with Crippen LogP contribution in [0.15, 0.2) is 18.3 Å². The molecule has 9 heteroatoms. The van der Waals surface area contributed by atoms with Gasteiger partial charge in [0.1, 0.15) is 11.9 Å². The van der Waals surface area contributed by atoms with Crippen molar-refractivity contribution in [2.75, 3.05) is 32.7 Å². The molecule has 0 aliphatic carbocycles. The number of aromatic hydroxyl groups is 1. The average Bonchev–Trinajstić information content (AvgIpc) is 3.31. The first kappa shape index (κ1) is 21.0. The van der Waals surface area contributed by atoms with E-state index in [1.54, 1.807) is 11.0 Å². The van der Waals surface area contributed by atoms with E-state index >= 15 is 0 Å². The van der Waals surface area contributed by atoms with Crippen molar-refractivity contribution < 1.29 is 29.3 Å². The van der Waals surface area contributed by atoms with Crippen molar-refractivity contribution >= 4 is 18.3 Å². The first-order valence-electron chi connectivity index (χ1n) is 9.93. The Morgan fingerprint density at radius 2 is 1.93 bits per heavy atom. The molecule has 1 unspecified atom stereocenters. The highest BCUT2D eigenvalue weighted by Gasteiger charge is 2.51. The number of esters is 1. The van der Waals surface area contributed by atoms with E-state index in [0.29, 0.717) is 25.9 Å². The lowest BCUT2D eigenvalue weighted by Crippen LogP contribution is -2.45. The molecule has 3 saturated heterocycles. The molecule has 1 atom stereocenters. The Labute approximate surface area is 169 Å². The zero-order valence-electron chi connectivity index (χ0n) is 16.3. The predicted molar refractivity (Wildman–Crippen MR) is 102 cm³/mol. The zero-order valence-corrected chi connectivity index (χ0v) is 16.3. The second-order valence-electron chi connectivity index (χ2n) is 7.79. The van der Waals surface area contributed by atoms with Crippen molar-refractivity contribution in [3.63, 3.8) is 0 Å². The topological polar surface area (TPSA) is 120 Å². The molecule has 4 rings (SSSR count). The van der Waals surface area contributed by atoms with Gasteiger partial charge in [-0.05, 0) is 50.9 Å². The number of carboxylic acid groups (broad SMARTS) is 1. The number of piperidine rings is 1. The van der Waals surface area contributed by atoms with Gasteiger partial charge in [0.05, 0.1) is 5.41 Å². The van der Waals surface area contributed by atoms with Gasteiger partial charge in [0, 0.05) is 32.3 Å². The van der Waals surface area contributed by atoms with Gasteiger partial charge in [-0.25, -0.2) is 4.98 Å². The quantitative estimate of drug-likeness (QED) is 0.567. The number of hydrogen-bond donors (Lipinski definition) is 2. The van der Waals surface area contributed by atoms with Gasteiger partial charge in [-0.3, -0.25) is 19.3 Å². The molecule has 9 nitrogen and oxygen atoms in total. The Balaban J connectivity index is 0.000000755. The Bertz CT molecular complexity index is 741. The van der Waals surface area contributed by atoms with Crippen LogP contribution in [0.5, 0.6) is 5.75 Å². The summed E-state index contributed by atoms with van der Waals surface area (Å²) >= 11 is 0. The lowest BCUT2D eigenvalue weighted by molar-refractivity contribution is -0.151. The molecule has 1 spiro atoms. The van der Waals surface area contributed by atoms with Gasteiger partial charge in [-0.2, -0.15) is 0 Å². The fourth-order valence-electron chi connectivity index (χ4n) is 4.45. The number of likely N-dealkylation sites (tertiary alicyclic amines) is 2. The summed E-state index contributed by atoms with van der Waals surface area (Å²) in [5, 5.41) is 16.7. The van der Waals surface area contributed by atoms with E-state index in [1.165, 1.54) is 25.1 Å². The molecule has 2 N–H and O–H groups in total. The zero-order chi connectivity index (χ0) is 20.9. The van der Waals surface area contributed by atoms with Gasteiger partial charge >= 0.3 is 5.97 Å². The van der Waals surface area contributed by atoms with E-state index < -0.39 is 5.41 Å². The van der Waals surface area contributed by atoms with Crippen LogP contribution >= 0.6 is 0 Å². The molecule has 3 fully saturated rings. The number of hydrogen-bond acceptors (Lipinski definition) is 7. The first-order valence-corrected chi connectivity index (χ1v) is 9.93. The lowest BCUT2D eigenvalue weighted by atomic mass is 9.76. The summed E-state index contributed by atoms with van der Waals surface area (Å²) in [4.78, 5) is 41.5. The minimum atomic E-state index is -0.451. The number of rotatable bonds is 3. The Hall–Kier alpha value is -2.68. The molecule has 3 aliphatic rings. The van der Waals surface area contributed by atoms with Gasteiger partial charge in [-0.1, -0.05) is 0 Å². The minimum absolute atomic E-state index is 0.0253. The van der Waals surface area contributed by atoms with Crippen LogP contribution in [0.1, 0.15) is 42.6 Å². The third kappa shape index (κ3) is 4.67. The third-order valence-electron chi connectivity index (χ3n) is 5.98. The summed E-state index contributed by atoms with van der Waals surface area (Å²) in [6.45, 7) is 3.74. The molecule has 0 saturated carbocycles. The summed E-state index contributed by atoms with van der Waals surface area (Å²) in [7, 11) is 0. The molecule has 3 aliphatic heterocycles. The first-order chi connectivity index (χ1) is 14.0. The number of carbonyl (C=O) groups excluding carboxylic acids is 2. The molecule has 1 aromatic rings. The maximum atomic E-state index is 12.6. The van der Waals surface area contributed by atoms with Gasteiger partial charge in [0.2, 0.25) is 0 Å². The van der Waals surface area contributed by atoms with Gasteiger partial charge in [0.15, 0.2) is 5.69 Å². The molecule has 158 valence electrons. The molecule has 29 heavy (non-hydrogen) atoms.